The monoisotopic (exact) mass is 368 g/mol. The van der Waals surface area contributed by atoms with Crippen molar-refractivity contribution in [1.29, 1.82) is 0 Å². The largest absolute Gasteiger partial charge is 0.638 e. The standard InChI is InChI=1S/C21H25BO3S/c1-14-5-3-7-16(11-14)20-21(25-22(23)24-20,18-9-10-19(26)13-18)17-8-4-6-15(2)12-17/h3-8,11-12,18-20,23,26H,9-10,13H2,1-2H3. The lowest BCUT2D eigenvalue weighted by molar-refractivity contribution is -0.0266. The molecular formula is C21H25BO3S. The Morgan fingerprint density at radius 1 is 1.08 bits per heavy atom. The molecule has 5 heteroatoms. The van der Waals surface area contributed by atoms with Gasteiger partial charge < -0.3 is 14.3 Å². The van der Waals surface area contributed by atoms with Crippen LogP contribution in [0.3, 0.4) is 0 Å². The molecular weight excluding hydrogens is 343 g/mol. The molecule has 2 aromatic rings. The fourth-order valence-corrected chi connectivity index (χ4v) is 5.04. The Labute approximate surface area is 161 Å². The summed E-state index contributed by atoms with van der Waals surface area (Å²) < 4.78 is 12.2. The fourth-order valence-electron chi connectivity index (χ4n) is 4.63. The molecule has 136 valence electrons. The topological polar surface area (TPSA) is 38.7 Å². The minimum absolute atomic E-state index is 0.245. The van der Waals surface area contributed by atoms with Gasteiger partial charge >= 0.3 is 7.32 Å². The summed E-state index contributed by atoms with van der Waals surface area (Å²) in [5, 5.41) is 10.7. The summed E-state index contributed by atoms with van der Waals surface area (Å²) in [6.07, 6.45) is 2.68. The highest BCUT2D eigenvalue weighted by Crippen LogP contribution is 2.56. The molecule has 4 rings (SSSR count). The molecule has 4 atom stereocenters. The van der Waals surface area contributed by atoms with Gasteiger partial charge in [0.25, 0.3) is 0 Å². The molecule has 0 amide bonds. The molecule has 1 saturated heterocycles. The quantitative estimate of drug-likeness (QED) is 0.625. The third kappa shape index (κ3) is 3.11. The molecule has 1 saturated carbocycles. The van der Waals surface area contributed by atoms with Crippen LogP contribution < -0.4 is 0 Å². The van der Waals surface area contributed by atoms with Crippen LogP contribution in [0.4, 0.5) is 0 Å². The van der Waals surface area contributed by atoms with Gasteiger partial charge in [-0.15, -0.1) is 0 Å². The van der Waals surface area contributed by atoms with E-state index in [-0.39, 0.29) is 12.0 Å². The van der Waals surface area contributed by atoms with E-state index < -0.39 is 12.9 Å². The summed E-state index contributed by atoms with van der Waals surface area (Å²) in [6.45, 7) is 4.16. The Bertz CT molecular complexity index is 798. The van der Waals surface area contributed by atoms with Crippen LogP contribution in [0.1, 0.15) is 47.6 Å². The van der Waals surface area contributed by atoms with Crippen LogP contribution >= 0.6 is 12.6 Å². The molecule has 0 spiro atoms. The van der Waals surface area contributed by atoms with E-state index in [1.807, 2.05) is 6.07 Å². The van der Waals surface area contributed by atoms with Crippen molar-refractivity contribution in [2.75, 3.05) is 0 Å². The van der Waals surface area contributed by atoms with E-state index in [4.69, 9.17) is 21.9 Å². The van der Waals surface area contributed by atoms with Gasteiger partial charge in [-0.25, -0.2) is 0 Å². The predicted molar refractivity (Wildman–Crippen MR) is 107 cm³/mol. The van der Waals surface area contributed by atoms with E-state index in [1.165, 1.54) is 11.1 Å². The highest BCUT2D eigenvalue weighted by Gasteiger charge is 2.58. The second-order valence-corrected chi connectivity index (χ2v) is 8.41. The zero-order valence-corrected chi connectivity index (χ0v) is 16.2. The molecule has 4 unspecified atom stereocenters. The van der Waals surface area contributed by atoms with Crippen molar-refractivity contribution in [3.63, 3.8) is 0 Å². The molecule has 1 N–H and O–H groups in total. The lowest BCUT2D eigenvalue weighted by atomic mass is 9.73. The van der Waals surface area contributed by atoms with Gasteiger partial charge in [-0.3, -0.25) is 0 Å². The van der Waals surface area contributed by atoms with Crippen molar-refractivity contribution in [3.8, 4) is 0 Å². The molecule has 2 aliphatic rings. The molecule has 2 aromatic carbocycles. The van der Waals surface area contributed by atoms with Gasteiger partial charge in [0.15, 0.2) is 0 Å². The van der Waals surface area contributed by atoms with Crippen molar-refractivity contribution >= 4 is 20.0 Å². The van der Waals surface area contributed by atoms with Gasteiger partial charge in [-0.2, -0.15) is 12.6 Å². The third-order valence-corrected chi connectivity index (χ3v) is 6.23. The average molecular weight is 368 g/mol. The summed E-state index contributed by atoms with van der Waals surface area (Å²) in [5.74, 6) is 0.245. The van der Waals surface area contributed by atoms with Crippen molar-refractivity contribution in [3.05, 3.63) is 70.8 Å². The molecule has 1 heterocycles. The molecule has 0 aromatic heterocycles. The highest BCUT2D eigenvalue weighted by atomic mass is 32.1. The Hall–Kier alpha value is -1.27. The molecule has 3 nitrogen and oxygen atoms in total. The van der Waals surface area contributed by atoms with Gasteiger partial charge in [-0.1, -0.05) is 59.7 Å². The van der Waals surface area contributed by atoms with Crippen molar-refractivity contribution in [1.82, 2.24) is 0 Å². The third-order valence-electron chi connectivity index (χ3n) is 5.76. The summed E-state index contributed by atoms with van der Waals surface area (Å²) >= 11 is 4.71. The first-order valence-electron chi connectivity index (χ1n) is 9.32. The van der Waals surface area contributed by atoms with Crippen LogP contribution in [-0.2, 0) is 14.9 Å². The predicted octanol–water partition coefficient (Wildman–Crippen LogP) is 4.36. The normalized spacial score (nSPS) is 31.5. The van der Waals surface area contributed by atoms with Crippen molar-refractivity contribution in [2.45, 2.75) is 50.1 Å². The van der Waals surface area contributed by atoms with Gasteiger partial charge in [0.05, 0.1) is 0 Å². The SMILES string of the molecule is Cc1cccc(C2OB(O)OC2(c2cccc(C)c2)C2CCC(S)C2)c1. The Morgan fingerprint density at radius 3 is 2.46 bits per heavy atom. The maximum absolute atomic E-state index is 10.4. The van der Waals surface area contributed by atoms with Crippen LogP contribution in [0.25, 0.3) is 0 Å². The van der Waals surface area contributed by atoms with Crippen LogP contribution in [0, 0.1) is 19.8 Å². The van der Waals surface area contributed by atoms with Crippen LogP contribution in [0.2, 0.25) is 0 Å². The van der Waals surface area contributed by atoms with Crippen LogP contribution in [-0.4, -0.2) is 17.6 Å². The Kier molecular flexibility index (Phi) is 4.91. The van der Waals surface area contributed by atoms with E-state index in [2.05, 4.69) is 56.3 Å². The molecule has 1 aliphatic carbocycles. The van der Waals surface area contributed by atoms with Gasteiger partial charge in [0, 0.05) is 5.25 Å². The fraction of sp³-hybridized carbons (Fsp3) is 0.429. The van der Waals surface area contributed by atoms with E-state index in [1.54, 1.807) is 0 Å². The first-order chi connectivity index (χ1) is 12.5. The number of aryl methyl sites for hydroxylation is 2. The van der Waals surface area contributed by atoms with Crippen LogP contribution in [0.5, 0.6) is 0 Å². The first kappa shape index (κ1) is 18.1. The second-order valence-electron chi connectivity index (χ2n) is 7.68. The van der Waals surface area contributed by atoms with Gasteiger partial charge in [-0.05, 0) is 50.2 Å². The summed E-state index contributed by atoms with van der Waals surface area (Å²) in [5.41, 5.74) is 3.77. The highest BCUT2D eigenvalue weighted by molar-refractivity contribution is 7.80. The number of rotatable bonds is 3. The molecule has 0 radical (unpaired) electrons. The van der Waals surface area contributed by atoms with E-state index >= 15 is 0 Å². The summed E-state index contributed by atoms with van der Waals surface area (Å²) in [6, 6.07) is 16.7. The molecule has 0 bridgehead atoms. The van der Waals surface area contributed by atoms with Crippen molar-refractivity contribution < 1.29 is 14.3 Å². The maximum atomic E-state index is 10.4. The zero-order valence-electron chi connectivity index (χ0n) is 15.3. The summed E-state index contributed by atoms with van der Waals surface area (Å²) in [4.78, 5) is 0. The van der Waals surface area contributed by atoms with E-state index in [0.29, 0.717) is 5.25 Å². The molecule has 2 fully saturated rings. The van der Waals surface area contributed by atoms with Gasteiger partial charge in [0.2, 0.25) is 0 Å². The van der Waals surface area contributed by atoms with Crippen molar-refractivity contribution in [2.24, 2.45) is 5.92 Å². The number of benzene rings is 2. The van der Waals surface area contributed by atoms with Gasteiger partial charge in [0.1, 0.15) is 11.7 Å². The zero-order chi connectivity index (χ0) is 18.3. The number of hydrogen-bond acceptors (Lipinski definition) is 4. The van der Waals surface area contributed by atoms with E-state index in [9.17, 15) is 5.02 Å². The number of hydrogen-bond donors (Lipinski definition) is 2. The molecule has 1 aliphatic heterocycles. The summed E-state index contributed by atoms with van der Waals surface area (Å²) in [7, 11) is -1.22. The lowest BCUT2D eigenvalue weighted by Crippen LogP contribution is -2.40. The average Bonchev–Trinajstić information content (AvgIpc) is 3.19. The molecule has 26 heavy (non-hydrogen) atoms. The second kappa shape index (κ2) is 7.04. The maximum Gasteiger partial charge on any atom is 0.638 e. The minimum atomic E-state index is -1.22. The first-order valence-corrected chi connectivity index (χ1v) is 9.84. The smallest absolute Gasteiger partial charge is 0.402 e. The Balaban J connectivity index is 1.87. The Morgan fingerprint density at radius 2 is 1.81 bits per heavy atom. The van der Waals surface area contributed by atoms with Crippen LogP contribution in [0.15, 0.2) is 48.5 Å². The minimum Gasteiger partial charge on any atom is -0.402 e. The van der Waals surface area contributed by atoms with E-state index in [0.717, 1.165) is 30.4 Å². The number of thiol groups is 1. The lowest BCUT2D eigenvalue weighted by Gasteiger charge is -2.40.